The van der Waals surface area contributed by atoms with Crippen LogP contribution in [0.4, 0.5) is 0 Å². The molecule has 2 heterocycles. The van der Waals surface area contributed by atoms with Crippen molar-refractivity contribution in [3.8, 4) is 0 Å². The second-order valence-electron chi connectivity index (χ2n) is 7.17. The molecule has 0 spiro atoms. The van der Waals surface area contributed by atoms with Gasteiger partial charge in [-0.3, -0.25) is 4.79 Å². The van der Waals surface area contributed by atoms with E-state index in [1.807, 2.05) is 11.9 Å². The number of hydrogen-bond acceptors (Lipinski definition) is 2. The van der Waals surface area contributed by atoms with Crippen molar-refractivity contribution in [1.29, 1.82) is 0 Å². The van der Waals surface area contributed by atoms with Crippen LogP contribution in [0.5, 0.6) is 0 Å². The fourth-order valence-electron chi connectivity index (χ4n) is 3.61. The number of carbonyl (C=O) groups excluding carboxylic acids is 1. The van der Waals surface area contributed by atoms with Gasteiger partial charge in [-0.25, -0.2) is 0 Å². The third-order valence-electron chi connectivity index (χ3n) is 5.23. The number of benzene rings is 1. The number of hydrogen-bond donors (Lipinski definition) is 1. The number of carbonyl (C=O) groups is 1. The Kier molecular flexibility index (Phi) is 5.24. The predicted octanol–water partition coefficient (Wildman–Crippen LogP) is 3.27. The molecule has 1 aliphatic rings. The molecule has 0 aliphatic carbocycles. The lowest BCUT2D eigenvalue weighted by Gasteiger charge is -2.28. The minimum Gasteiger partial charge on any atom is -0.358 e. The molecule has 2 aromatic rings. The Labute approximate surface area is 144 Å². The molecule has 24 heavy (non-hydrogen) atoms. The maximum absolute atomic E-state index is 12.7. The highest BCUT2D eigenvalue weighted by molar-refractivity contribution is 5.90. The zero-order valence-corrected chi connectivity index (χ0v) is 15.2. The van der Waals surface area contributed by atoms with Crippen molar-refractivity contribution in [2.45, 2.75) is 39.5 Å². The van der Waals surface area contributed by atoms with E-state index in [2.05, 4.69) is 41.9 Å². The van der Waals surface area contributed by atoms with E-state index in [1.54, 1.807) is 0 Å². The van der Waals surface area contributed by atoms with Crippen molar-refractivity contribution in [2.24, 2.45) is 0 Å². The Bertz CT molecular complexity index is 713. The van der Waals surface area contributed by atoms with Crippen molar-refractivity contribution in [2.75, 3.05) is 33.2 Å². The van der Waals surface area contributed by atoms with E-state index >= 15 is 0 Å². The smallest absolute Gasteiger partial charge is 0.226 e. The summed E-state index contributed by atoms with van der Waals surface area (Å²) < 4.78 is 0. The Morgan fingerprint density at radius 1 is 1.21 bits per heavy atom. The van der Waals surface area contributed by atoms with E-state index in [0.717, 1.165) is 29.9 Å². The van der Waals surface area contributed by atoms with E-state index < -0.39 is 0 Å². The first-order valence-corrected chi connectivity index (χ1v) is 9.08. The molecule has 4 heteroatoms. The van der Waals surface area contributed by atoms with E-state index in [1.165, 1.54) is 43.3 Å². The Morgan fingerprint density at radius 3 is 2.71 bits per heavy atom. The second kappa shape index (κ2) is 7.39. The van der Waals surface area contributed by atoms with Crippen LogP contribution >= 0.6 is 0 Å². The molecule has 0 bridgehead atoms. The SMILES string of the molecule is Cc1ccc2[nH]c(C)c(CC(=O)N(C)CCN3CCCCC3)c2c1. The van der Waals surface area contributed by atoms with Crippen LogP contribution in [0.1, 0.15) is 36.1 Å². The number of piperidine rings is 1. The summed E-state index contributed by atoms with van der Waals surface area (Å²) in [5.41, 5.74) is 4.60. The lowest BCUT2D eigenvalue weighted by molar-refractivity contribution is -0.129. The van der Waals surface area contributed by atoms with E-state index in [-0.39, 0.29) is 5.91 Å². The Morgan fingerprint density at radius 2 is 1.96 bits per heavy atom. The number of nitrogens with zero attached hydrogens (tertiary/aromatic N) is 2. The highest BCUT2D eigenvalue weighted by Gasteiger charge is 2.17. The van der Waals surface area contributed by atoms with E-state index in [9.17, 15) is 4.79 Å². The standard InChI is InChI=1S/C20H29N3O/c1-15-7-8-19-18(13-15)17(16(2)21-19)14-20(24)22(3)11-12-23-9-5-4-6-10-23/h7-8,13,21H,4-6,9-12,14H2,1-3H3. The van der Waals surface area contributed by atoms with Crippen molar-refractivity contribution < 1.29 is 4.79 Å². The number of H-pyrrole nitrogens is 1. The number of likely N-dealkylation sites (tertiary alicyclic amines) is 1. The highest BCUT2D eigenvalue weighted by atomic mass is 16.2. The van der Waals surface area contributed by atoms with Gasteiger partial charge in [0.2, 0.25) is 5.91 Å². The lowest BCUT2D eigenvalue weighted by atomic mass is 10.1. The average molecular weight is 327 g/mol. The maximum atomic E-state index is 12.7. The lowest BCUT2D eigenvalue weighted by Crippen LogP contribution is -2.39. The molecule has 4 nitrogen and oxygen atoms in total. The number of nitrogens with one attached hydrogen (secondary N) is 1. The topological polar surface area (TPSA) is 39.3 Å². The van der Waals surface area contributed by atoms with Gasteiger partial charge in [-0.15, -0.1) is 0 Å². The van der Waals surface area contributed by atoms with Crippen molar-refractivity contribution in [1.82, 2.24) is 14.8 Å². The molecule has 0 atom stereocenters. The number of fused-ring (bicyclic) bond motifs is 1. The van der Waals surface area contributed by atoms with Crippen LogP contribution in [-0.2, 0) is 11.2 Å². The van der Waals surface area contributed by atoms with Gasteiger partial charge in [0.15, 0.2) is 0 Å². The summed E-state index contributed by atoms with van der Waals surface area (Å²) in [5, 5.41) is 1.19. The van der Waals surface area contributed by atoms with Crippen LogP contribution in [-0.4, -0.2) is 53.9 Å². The molecule has 0 radical (unpaired) electrons. The number of aromatic amines is 1. The number of aromatic nitrogens is 1. The fourth-order valence-corrected chi connectivity index (χ4v) is 3.61. The first kappa shape index (κ1) is 17.0. The van der Waals surface area contributed by atoms with Crippen LogP contribution in [0.3, 0.4) is 0 Å². The third kappa shape index (κ3) is 3.81. The molecule has 3 rings (SSSR count). The summed E-state index contributed by atoms with van der Waals surface area (Å²) in [4.78, 5) is 20.4. The molecule has 1 fully saturated rings. The molecular weight excluding hydrogens is 298 g/mol. The molecule has 1 aromatic carbocycles. The quantitative estimate of drug-likeness (QED) is 0.915. The van der Waals surface area contributed by atoms with Crippen molar-refractivity contribution >= 4 is 16.8 Å². The monoisotopic (exact) mass is 327 g/mol. The molecule has 130 valence electrons. The maximum Gasteiger partial charge on any atom is 0.226 e. The summed E-state index contributed by atoms with van der Waals surface area (Å²) in [6.45, 7) is 8.34. The number of likely N-dealkylation sites (N-methyl/N-ethyl adjacent to an activating group) is 1. The van der Waals surface area contributed by atoms with E-state index in [0.29, 0.717) is 6.42 Å². The normalized spacial score (nSPS) is 15.8. The molecule has 1 amide bonds. The molecule has 1 saturated heterocycles. The summed E-state index contributed by atoms with van der Waals surface area (Å²) in [7, 11) is 1.93. The van der Waals surface area contributed by atoms with Gasteiger partial charge in [0.05, 0.1) is 6.42 Å². The van der Waals surface area contributed by atoms with Crippen LogP contribution in [0.15, 0.2) is 18.2 Å². The summed E-state index contributed by atoms with van der Waals surface area (Å²) in [5.74, 6) is 0.206. The van der Waals surface area contributed by atoms with Gasteiger partial charge >= 0.3 is 0 Å². The zero-order chi connectivity index (χ0) is 17.1. The minimum atomic E-state index is 0.206. The summed E-state index contributed by atoms with van der Waals surface area (Å²) >= 11 is 0. The first-order valence-electron chi connectivity index (χ1n) is 9.08. The Balaban J connectivity index is 1.63. The Hall–Kier alpha value is -1.81. The van der Waals surface area contributed by atoms with Gasteiger partial charge in [-0.1, -0.05) is 18.1 Å². The van der Waals surface area contributed by atoms with E-state index in [4.69, 9.17) is 0 Å². The van der Waals surface area contributed by atoms with Crippen LogP contribution < -0.4 is 0 Å². The van der Waals surface area contributed by atoms with Gasteiger partial charge in [0.1, 0.15) is 0 Å². The molecule has 1 aliphatic heterocycles. The number of rotatable bonds is 5. The van der Waals surface area contributed by atoms with Crippen LogP contribution in [0.25, 0.3) is 10.9 Å². The molecule has 0 unspecified atom stereocenters. The molecular formula is C20H29N3O. The van der Waals surface area contributed by atoms with Crippen molar-refractivity contribution in [3.63, 3.8) is 0 Å². The van der Waals surface area contributed by atoms with Gasteiger partial charge in [0, 0.05) is 36.7 Å². The van der Waals surface area contributed by atoms with Gasteiger partial charge in [-0.05, 0) is 57.5 Å². The molecule has 1 N–H and O–H groups in total. The van der Waals surface area contributed by atoms with Gasteiger partial charge in [0.25, 0.3) is 0 Å². The van der Waals surface area contributed by atoms with Crippen LogP contribution in [0.2, 0.25) is 0 Å². The number of amides is 1. The van der Waals surface area contributed by atoms with Gasteiger partial charge in [-0.2, -0.15) is 0 Å². The van der Waals surface area contributed by atoms with Gasteiger partial charge < -0.3 is 14.8 Å². The zero-order valence-electron chi connectivity index (χ0n) is 15.2. The largest absolute Gasteiger partial charge is 0.358 e. The fraction of sp³-hybridized carbons (Fsp3) is 0.550. The highest BCUT2D eigenvalue weighted by Crippen LogP contribution is 2.24. The predicted molar refractivity (Wildman–Crippen MR) is 99.4 cm³/mol. The van der Waals surface area contributed by atoms with Crippen molar-refractivity contribution in [3.05, 3.63) is 35.0 Å². The summed E-state index contributed by atoms with van der Waals surface area (Å²) in [6.07, 6.45) is 4.42. The van der Waals surface area contributed by atoms with Crippen LogP contribution in [0, 0.1) is 13.8 Å². The third-order valence-corrected chi connectivity index (χ3v) is 5.23. The number of aryl methyl sites for hydroxylation is 2. The molecule has 0 saturated carbocycles. The minimum absolute atomic E-state index is 0.206. The average Bonchev–Trinajstić information content (AvgIpc) is 2.89. The summed E-state index contributed by atoms with van der Waals surface area (Å²) in [6, 6.07) is 6.38. The first-order chi connectivity index (χ1) is 11.5. The molecule has 1 aromatic heterocycles. The second-order valence-corrected chi connectivity index (χ2v) is 7.17.